The van der Waals surface area contributed by atoms with Gasteiger partial charge in [-0.3, -0.25) is 9.69 Å². The highest BCUT2D eigenvalue weighted by molar-refractivity contribution is 5.81. The molecular weight excluding hydrogens is 288 g/mol. The molecule has 0 aromatic heterocycles. The van der Waals surface area contributed by atoms with E-state index in [-0.39, 0.29) is 11.9 Å². The maximum Gasteiger partial charge on any atom is 0.237 e. The zero-order valence-corrected chi connectivity index (χ0v) is 14.7. The van der Waals surface area contributed by atoms with Crippen molar-refractivity contribution < 1.29 is 9.53 Å². The van der Waals surface area contributed by atoms with Crippen molar-refractivity contribution in [1.29, 1.82) is 0 Å². The van der Waals surface area contributed by atoms with E-state index in [0.29, 0.717) is 12.6 Å². The first-order chi connectivity index (χ1) is 11.1. The molecular formula is C19H30N2O2. The molecule has 1 saturated carbocycles. The lowest BCUT2D eigenvalue weighted by atomic mass is 9.95. The topological polar surface area (TPSA) is 41.6 Å². The molecule has 0 aliphatic heterocycles. The van der Waals surface area contributed by atoms with E-state index in [4.69, 9.17) is 4.74 Å². The van der Waals surface area contributed by atoms with Crippen LogP contribution in [-0.4, -0.2) is 43.1 Å². The summed E-state index contributed by atoms with van der Waals surface area (Å²) in [7, 11) is 1.98. The lowest BCUT2D eigenvalue weighted by Gasteiger charge is -2.28. The van der Waals surface area contributed by atoms with E-state index in [1.54, 1.807) is 0 Å². The second-order valence-corrected chi connectivity index (χ2v) is 6.66. The SMILES string of the molecule is Cc1ccc(OCCN(C)[C@@H](C)C(=O)NC2CCCCC2)cc1. The highest BCUT2D eigenvalue weighted by Gasteiger charge is 2.22. The van der Waals surface area contributed by atoms with Crippen LogP contribution in [0.5, 0.6) is 5.75 Å². The average molecular weight is 318 g/mol. The van der Waals surface area contributed by atoms with Gasteiger partial charge in [0.15, 0.2) is 0 Å². The minimum atomic E-state index is -0.126. The van der Waals surface area contributed by atoms with Crippen molar-refractivity contribution in [2.24, 2.45) is 0 Å². The zero-order chi connectivity index (χ0) is 16.7. The van der Waals surface area contributed by atoms with Gasteiger partial charge < -0.3 is 10.1 Å². The van der Waals surface area contributed by atoms with Crippen molar-refractivity contribution in [2.75, 3.05) is 20.2 Å². The van der Waals surface area contributed by atoms with Gasteiger partial charge in [0.2, 0.25) is 5.91 Å². The number of benzene rings is 1. The molecule has 4 nitrogen and oxygen atoms in total. The van der Waals surface area contributed by atoms with Gasteiger partial charge in [0.05, 0.1) is 6.04 Å². The monoisotopic (exact) mass is 318 g/mol. The summed E-state index contributed by atoms with van der Waals surface area (Å²) in [6, 6.07) is 8.29. The lowest BCUT2D eigenvalue weighted by Crippen LogP contribution is -2.48. The third kappa shape index (κ3) is 5.87. The first-order valence-electron chi connectivity index (χ1n) is 8.76. The summed E-state index contributed by atoms with van der Waals surface area (Å²) >= 11 is 0. The van der Waals surface area contributed by atoms with Crippen LogP contribution in [0.3, 0.4) is 0 Å². The molecule has 1 N–H and O–H groups in total. The first kappa shape index (κ1) is 17.8. The molecule has 4 heteroatoms. The Morgan fingerprint density at radius 3 is 2.57 bits per heavy atom. The van der Waals surface area contributed by atoms with Gasteiger partial charge >= 0.3 is 0 Å². The fourth-order valence-electron chi connectivity index (χ4n) is 2.90. The van der Waals surface area contributed by atoms with Gasteiger partial charge in [0.1, 0.15) is 12.4 Å². The highest BCUT2D eigenvalue weighted by Crippen LogP contribution is 2.17. The van der Waals surface area contributed by atoms with Crippen LogP contribution in [-0.2, 0) is 4.79 Å². The Labute approximate surface area is 140 Å². The number of likely N-dealkylation sites (N-methyl/N-ethyl adjacent to an activating group) is 1. The molecule has 1 fully saturated rings. The summed E-state index contributed by atoms with van der Waals surface area (Å²) in [5.41, 5.74) is 1.22. The third-order valence-corrected chi connectivity index (χ3v) is 4.73. The van der Waals surface area contributed by atoms with Gasteiger partial charge in [-0.25, -0.2) is 0 Å². The maximum absolute atomic E-state index is 12.3. The summed E-state index contributed by atoms with van der Waals surface area (Å²) < 4.78 is 5.74. The number of carbonyl (C=O) groups excluding carboxylic acids is 1. The summed E-state index contributed by atoms with van der Waals surface area (Å²) in [4.78, 5) is 14.4. The van der Waals surface area contributed by atoms with Gasteiger partial charge in [-0.05, 0) is 45.9 Å². The van der Waals surface area contributed by atoms with Crippen molar-refractivity contribution in [3.63, 3.8) is 0 Å². The summed E-state index contributed by atoms with van der Waals surface area (Å²) in [5, 5.41) is 3.19. The average Bonchev–Trinajstić information content (AvgIpc) is 2.56. The molecule has 0 heterocycles. The van der Waals surface area contributed by atoms with Crippen LogP contribution in [0.25, 0.3) is 0 Å². The van der Waals surface area contributed by atoms with Gasteiger partial charge in [-0.1, -0.05) is 37.0 Å². The fraction of sp³-hybridized carbons (Fsp3) is 0.632. The molecule has 0 bridgehead atoms. The predicted molar refractivity (Wildman–Crippen MR) is 93.8 cm³/mol. The van der Waals surface area contributed by atoms with Crippen LogP contribution in [0.4, 0.5) is 0 Å². The first-order valence-corrected chi connectivity index (χ1v) is 8.76. The van der Waals surface area contributed by atoms with E-state index in [2.05, 4.69) is 12.2 Å². The second kappa shape index (κ2) is 8.92. The van der Waals surface area contributed by atoms with Gasteiger partial charge in [-0.2, -0.15) is 0 Å². The summed E-state index contributed by atoms with van der Waals surface area (Å²) in [6.07, 6.45) is 6.02. The Morgan fingerprint density at radius 2 is 1.91 bits per heavy atom. The number of aryl methyl sites for hydroxylation is 1. The number of ether oxygens (including phenoxy) is 1. The van der Waals surface area contributed by atoms with Gasteiger partial charge in [-0.15, -0.1) is 0 Å². The number of hydrogen-bond acceptors (Lipinski definition) is 3. The van der Waals surface area contributed by atoms with Crippen LogP contribution in [0, 0.1) is 6.92 Å². The Bertz CT molecular complexity index is 481. The Kier molecular flexibility index (Phi) is 6.90. The van der Waals surface area contributed by atoms with E-state index in [9.17, 15) is 4.79 Å². The lowest BCUT2D eigenvalue weighted by molar-refractivity contribution is -0.126. The third-order valence-electron chi connectivity index (χ3n) is 4.73. The number of carbonyl (C=O) groups is 1. The van der Waals surface area contributed by atoms with E-state index in [0.717, 1.165) is 25.1 Å². The van der Waals surface area contributed by atoms with E-state index in [1.807, 2.05) is 43.1 Å². The molecule has 0 radical (unpaired) electrons. The Hall–Kier alpha value is -1.55. The normalized spacial score (nSPS) is 17.0. The molecule has 1 amide bonds. The summed E-state index contributed by atoms with van der Waals surface area (Å²) in [6.45, 7) is 5.34. The zero-order valence-electron chi connectivity index (χ0n) is 14.7. The molecule has 128 valence electrons. The smallest absolute Gasteiger partial charge is 0.237 e. The van der Waals surface area contributed by atoms with Crippen molar-refractivity contribution >= 4 is 5.91 Å². The maximum atomic E-state index is 12.3. The van der Waals surface area contributed by atoms with E-state index in [1.165, 1.54) is 24.8 Å². The molecule has 1 aliphatic carbocycles. The molecule has 0 unspecified atom stereocenters. The largest absolute Gasteiger partial charge is 0.492 e. The van der Waals surface area contributed by atoms with Gasteiger partial charge in [0.25, 0.3) is 0 Å². The number of amides is 1. The molecule has 2 rings (SSSR count). The molecule has 0 spiro atoms. The van der Waals surface area contributed by atoms with Crippen LogP contribution in [0.15, 0.2) is 24.3 Å². The van der Waals surface area contributed by atoms with Crippen LogP contribution in [0.2, 0.25) is 0 Å². The molecule has 1 aromatic carbocycles. The van der Waals surface area contributed by atoms with Crippen LogP contribution in [0.1, 0.15) is 44.6 Å². The minimum absolute atomic E-state index is 0.126. The Morgan fingerprint density at radius 1 is 1.26 bits per heavy atom. The highest BCUT2D eigenvalue weighted by atomic mass is 16.5. The van der Waals surface area contributed by atoms with Gasteiger partial charge in [0, 0.05) is 12.6 Å². The standard InChI is InChI=1S/C19H30N2O2/c1-15-9-11-18(12-10-15)23-14-13-21(3)16(2)19(22)20-17-7-5-4-6-8-17/h9-12,16-17H,4-8,13-14H2,1-3H3,(H,20,22)/t16-/m0/s1. The molecule has 23 heavy (non-hydrogen) atoms. The van der Waals surface area contributed by atoms with Crippen LogP contribution >= 0.6 is 0 Å². The molecule has 1 aliphatic rings. The van der Waals surface area contributed by atoms with Crippen molar-refractivity contribution in [2.45, 2.75) is 58.0 Å². The molecule has 1 atom stereocenters. The molecule has 0 saturated heterocycles. The number of nitrogens with zero attached hydrogens (tertiary/aromatic N) is 1. The van der Waals surface area contributed by atoms with Crippen molar-refractivity contribution in [3.8, 4) is 5.75 Å². The van der Waals surface area contributed by atoms with Crippen molar-refractivity contribution in [1.82, 2.24) is 10.2 Å². The predicted octanol–water partition coefficient (Wildman–Crippen LogP) is 3.14. The second-order valence-electron chi connectivity index (χ2n) is 6.66. The quantitative estimate of drug-likeness (QED) is 0.840. The number of rotatable bonds is 7. The Balaban J connectivity index is 1.69. The number of hydrogen-bond donors (Lipinski definition) is 1. The molecule has 1 aromatic rings. The summed E-state index contributed by atoms with van der Waals surface area (Å²) in [5.74, 6) is 1.01. The van der Waals surface area contributed by atoms with E-state index < -0.39 is 0 Å². The van der Waals surface area contributed by atoms with E-state index >= 15 is 0 Å². The number of nitrogens with one attached hydrogen (secondary N) is 1. The fourth-order valence-corrected chi connectivity index (χ4v) is 2.90. The van der Waals surface area contributed by atoms with Crippen molar-refractivity contribution in [3.05, 3.63) is 29.8 Å². The van der Waals surface area contributed by atoms with Crippen LogP contribution < -0.4 is 10.1 Å². The minimum Gasteiger partial charge on any atom is -0.492 e.